The first-order chi connectivity index (χ1) is 9.41. The van der Waals surface area contributed by atoms with Gasteiger partial charge in [0, 0.05) is 0 Å². The fourth-order valence-corrected chi connectivity index (χ4v) is 1.78. The lowest BCUT2D eigenvalue weighted by molar-refractivity contribution is 0.592. The predicted molar refractivity (Wildman–Crippen MR) is 88.0 cm³/mol. The first kappa shape index (κ1) is 17.7. The van der Waals surface area contributed by atoms with Crippen LogP contribution in [0.4, 0.5) is 0 Å². The molecule has 0 N–H and O–H groups in total. The van der Waals surface area contributed by atoms with Gasteiger partial charge in [-0.05, 0) is 12.8 Å². The van der Waals surface area contributed by atoms with Crippen LogP contribution < -0.4 is 0 Å². The lowest BCUT2D eigenvalue weighted by Crippen LogP contribution is -1.78. The normalized spacial score (nSPS) is 12.5. The minimum atomic E-state index is 1.20. The Morgan fingerprint density at radius 3 is 1.79 bits per heavy atom. The van der Waals surface area contributed by atoms with E-state index in [0.717, 1.165) is 0 Å². The first-order valence-electron chi connectivity index (χ1n) is 7.62. The van der Waals surface area contributed by atoms with Crippen LogP contribution in [-0.2, 0) is 0 Å². The second kappa shape index (κ2) is 16.7. The van der Waals surface area contributed by atoms with E-state index in [-0.39, 0.29) is 0 Å². The van der Waals surface area contributed by atoms with E-state index in [9.17, 15) is 0 Å². The van der Waals surface area contributed by atoms with Crippen molar-refractivity contribution in [2.45, 2.75) is 58.3 Å². The molecule has 0 amide bonds. The van der Waals surface area contributed by atoms with E-state index >= 15 is 0 Å². The molecule has 0 heteroatoms. The van der Waals surface area contributed by atoms with Gasteiger partial charge < -0.3 is 0 Å². The third kappa shape index (κ3) is 16.7. The minimum Gasteiger partial charge on any atom is -0.0845 e. The van der Waals surface area contributed by atoms with E-state index in [0.29, 0.717) is 0 Å². The standard InChI is InChI=1S/C19H29/c1-3-5-7-9-11-13-15-17-19-18-16-14-12-10-8-6-4-2/h1,3,5,7,9,11,13,15,17,19H,4,6,8,10,12,14,16,18H2,2H3. The van der Waals surface area contributed by atoms with Gasteiger partial charge in [0.2, 0.25) is 0 Å². The highest BCUT2D eigenvalue weighted by Gasteiger charge is 1.88. The number of hydrogen-bond acceptors (Lipinski definition) is 0. The van der Waals surface area contributed by atoms with E-state index in [1.165, 1.54) is 57.4 Å². The molecule has 0 aliphatic carbocycles. The Morgan fingerprint density at radius 2 is 1.16 bits per heavy atom. The van der Waals surface area contributed by atoms with Crippen LogP contribution in [0.1, 0.15) is 58.3 Å². The number of rotatable bonds is 12. The maximum Gasteiger partial charge on any atom is -0.0348 e. The van der Waals surface area contributed by atoms with Crippen molar-refractivity contribution in [3.05, 3.63) is 61.3 Å². The number of allylic oxidation sites excluding steroid dienone is 9. The molecule has 0 bridgehead atoms. The molecule has 1 radical (unpaired) electrons. The van der Waals surface area contributed by atoms with Gasteiger partial charge in [0.05, 0.1) is 0 Å². The zero-order valence-corrected chi connectivity index (χ0v) is 12.4. The van der Waals surface area contributed by atoms with Crippen molar-refractivity contribution in [1.29, 1.82) is 0 Å². The molecule has 19 heavy (non-hydrogen) atoms. The maximum atomic E-state index is 5.21. The molecule has 0 aliphatic rings. The molecule has 0 aliphatic heterocycles. The first-order valence-corrected chi connectivity index (χ1v) is 7.62. The second-order valence-corrected chi connectivity index (χ2v) is 4.69. The molecule has 0 spiro atoms. The lowest BCUT2D eigenvalue weighted by Gasteiger charge is -1.98. The number of hydrogen-bond donors (Lipinski definition) is 0. The summed E-state index contributed by atoms with van der Waals surface area (Å²) in [5.74, 6) is 0. The van der Waals surface area contributed by atoms with Crippen LogP contribution in [0.25, 0.3) is 0 Å². The molecule has 0 atom stereocenters. The molecule has 0 unspecified atom stereocenters. The molecule has 0 saturated heterocycles. The van der Waals surface area contributed by atoms with Crippen molar-refractivity contribution in [3.8, 4) is 0 Å². The van der Waals surface area contributed by atoms with Crippen molar-refractivity contribution in [2.75, 3.05) is 0 Å². The van der Waals surface area contributed by atoms with Gasteiger partial charge in [-0.1, -0.05) is 107 Å². The maximum absolute atomic E-state index is 5.21. The van der Waals surface area contributed by atoms with Crippen LogP contribution in [0.5, 0.6) is 0 Å². The highest BCUT2D eigenvalue weighted by molar-refractivity contribution is 5.16. The Hall–Kier alpha value is -1.30. The fraction of sp³-hybridized carbons (Fsp3) is 0.474. The van der Waals surface area contributed by atoms with Crippen LogP contribution in [0.2, 0.25) is 0 Å². The van der Waals surface area contributed by atoms with E-state index in [1.807, 2.05) is 24.3 Å². The Bertz CT molecular complexity index is 289. The van der Waals surface area contributed by atoms with Crippen LogP contribution in [0.3, 0.4) is 0 Å². The molecule has 0 aromatic heterocycles. The molecule has 0 rings (SSSR count). The average Bonchev–Trinajstić information content (AvgIpc) is 2.43. The summed E-state index contributed by atoms with van der Waals surface area (Å²) in [5, 5.41) is 0. The smallest absolute Gasteiger partial charge is 0.0348 e. The zero-order valence-electron chi connectivity index (χ0n) is 12.4. The van der Waals surface area contributed by atoms with Gasteiger partial charge in [0.1, 0.15) is 0 Å². The molecule has 105 valence electrons. The average molecular weight is 257 g/mol. The summed E-state index contributed by atoms with van der Waals surface area (Å²) in [5.41, 5.74) is 0. The summed E-state index contributed by atoms with van der Waals surface area (Å²) < 4.78 is 0. The van der Waals surface area contributed by atoms with Crippen LogP contribution in [0, 0.1) is 6.58 Å². The van der Waals surface area contributed by atoms with Gasteiger partial charge in [-0.3, -0.25) is 0 Å². The van der Waals surface area contributed by atoms with Gasteiger partial charge in [-0.2, -0.15) is 0 Å². The summed E-state index contributed by atoms with van der Waals surface area (Å²) in [6, 6.07) is 0. The summed E-state index contributed by atoms with van der Waals surface area (Å²) in [4.78, 5) is 0. The lowest BCUT2D eigenvalue weighted by atomic mass is 10.1. The highest BCUT2D eigenvalue weighted by atomic mass is 13.9. The van der Waals surface area contributed by atoms with Gasteiger partial charge in [-0.25, -0.2) is 0 Å². The van der Waals surface area contributed by atoms with Gasteiger partial charge >= 0.3 is 0 Å². The Kier molecular flexibility index (Phi) is 15.6. The summed E-state index contributed by atoms with van der Waals surface area (Å²) >= 11 is 0. The van der Waals surface area contributed by atoms with E-state index < -0.39 is 0 Å². The molecule has 0 heterocycles. The van der Waals surface area contributed by atoms with Crippen molar-refractivity contribution in [3.63, 3.8) is 0 Å². The quantitative estimate of drug-likeness (QED) is 0.282. The van der Waals surface area contributed by atoms with Crippen molar-refractivity contribution < 1.29 is 0 Å². The van der Waals surface area contributed by atoms with Crippen LogP contribution >= 0.6 is 0 Å². The molecule has 0 aromatic carbocycles. The highest BCUT2D eigenvalue weighted by Crippen LogP contribution is 2.08. The summed E-state index contributed by atoms with van der Waals surface area (Å²) in [6.07, 6.45) is 28.5. The Morgan fingerprint density at radius 1 is 0.632 bits per heavy atom. The van der Waals surface area contributed by atoms with Gasteiger partial charge in [0.15, 0.2) is 0 Å². The monoisotopic (exact) mass is 257 g/mol. The third-order valence-electron chi connectivity index (χ3n) is 2.89. The largest absolute Gasteiger partial charge is 0.0845 e. The SMILES string of the molecule is [CH]=CC=CC=CC=CC=CCCCCCCCCC. The molecule has 0 saturated carbocycles. The zero-order chi connectivity index (χ0) is 14.0. The molecular formula is C19H29. The van der Waals surface area contributed by atoms with Crippen LogP contribution in [0.15, 0.2) is 54.7 Å². The Balaban J connectivity index is 3.34. The minimum absolute atomic E-state index is 1.20. The topological polar surface area (TPSA) is 0 Å². The Labute approximate surface area is 120 Å². The second-order valence-electron chi connectivity index (χ2n) is 4.69. The number of unbranched alkanes of at least 4 members (excludes halogenated alkanes) is 7. The molecule has 0 fully saturated rings. The fourth-order valence-electron chi connectivity index (χ4n) is 1.78. The van der Waals surface area contributed by atoms with Crippen molar-refractivity contribution in [1.82, 2.24) is 0 Å². The van der Waals surface area contributed by atoms with E-state index in [1.54, 1.807) is 6.08 Å². The van der Waals surface area contributed by atoms with E-state index in [2.05, 4.69) is 25.2 Å². The summed E-state index contributed by atoms with van der Waals surface area (Å²) in [6.45, 7) is 7.47. The molecular weight excluding hydrogens is 228 g/mol. The predicted octanol–water partition coefficient (Wildman–Crippen LogP) is 6.34. The van der Waals surface area contributed by atoms with Gasteiger partial charge in [0.25, 0.3) is 0 Å². The molecule has 0 aromatic rings. The van der Waals surface area contributed by atoms with Crippen molar-refractivity contribution in [2.24, 2.45) is 0 Å². The van der Waals surface area contributed by atoms with Crippen molar-refractivity contribution >= 4 is 0 Å². The van der Waals surface area contributed by atoms with Crippen LogP contribution in [-0.4, -0.2) is 0 Å². The summed E-state index contributed by atoms with van der Waals surface area (Å²) in [7, 11) is 0. The van der Waals surface area contributed by atoms with Gasteiger partial charge in [-0.15, -0.1) is 0 Å². The van der Waals surface area contributed by atoms with E-state index in [4.69, 9.17) is 6.58 Å². The third-order valence-corrected chi connectivity index (χ3v) is 2.89. The molecule has 0 nitrogen and oxygen atoms in total.